The predicted molar refractivity (Wildman–Crippen MR) is 60.6 cm³/mol. The third-order valence-electron chi connectivity index (χ3n) is 2.05. The molecule has 16 heavy (non-hydrogen) atoms. The van der Waals surface area contributed by atoms with Crippen molar-refractivity contribution in [3.8, 4) is 0 Å². The Balaban J connectivity index is 2.86. The Morgan fingerprint density at radius 3 is 2.94 bits per heavy atom. The van der Waals surface area contributed by atoms with Crippen LogP contribution in [0.25, 0.3) is 6.08 Å². The third kappa shape index (κ3) is 3.43. The molecule has 86 valence electrons. The quantitative estimate of drug-likeness (QED) is 0.474. The van der Waals surface area contributed by atoms with E-state index in [1.807, 2.05) is 13.1 Å². The van der Waals surface area contributed by atoms with E-state index in [1.165, 1.54) is 12.1 Å². The Bertz CT molecular complexity index is 405. The summed E-state index contributed by atoms with van der Waals surface area (Å²) in [5.41, 5.74) is 0.211. The van der Waals surface area contributed by atoms with Crippen LogP contribution in [0, 0.1) is 15.9 Å². The van der Waals surface area contributed by atoms with Gasteiger partial charge in [0.2, 0.25) is 0 Å². The smallest absolute Gasteiger partial charge is 0.279 e. The van der Waals surface area contributed by atoms with Gasteiger partial charge in [-0.1, -0.05) is 12.2 Å². The molecule has 5 heteroatoms. The summed E-state index contributed by atoms with van der Waals surface area (Å²) in [6.45, 7) is 0.797. The topological polar surface area (TPSA) is 55.2 Å². The molecule has 4 nitrogen and oxygen atoms in total. The van der Waals surface area contributed by atoms with Crippen molar-refractivity contribution in [2.24, 2.45) is 0 Å². The van der Waals surface area contributed by atoms with E-state index in [9.17, 15) is 14.5 Å². The van der Waals surface area contributed by atoms with Crippen molar-refractivity contribution in [3.05, 3.63) is 45.8 Å². The van der Waals surface area contributed by atoms with Crippen molar-refractivity contribution >= 4 is 11.8 Å². The minimum Gasteiger partial charge on any atom is -0.319 e. The first-order chi connectivity index (χ1) is 7.65. The predicted octanol–water partition coefficient (Wildman–Crippen LogP) is 2.36. The second-order valence-corrected chi connectivity index (χ2v) is 3.25. The fraction of sp³-hybridized carbons (Fsp3) is 0.273. The van der Waals surface area contributed by atoms with Crippen LogP contribution in [0.4, 0.5) is 10.1 Å². The molecule has 1 aromatic carbocycles. The van der Waals surface area contributed by atoms with Crippen molar-refractivity contribution in [2.45, 2.75) is 6.42 Å². The van der Waals surface area contributed by atoms with E-state index in [0.29, 0.717) is 5.56 Å². The summed E-state index contributed by atoms with van der Waals surface area (Å²) in [6, 6.07) is 3.55. The summed E-state index contributed by atoms with van der Waals surface area (Å²) in [7, 11) is 1.83. The van der Waals surface area contributed by atoms with Gasteiger partial charge in [-0.05, 0) is 32.1 Å². The van der Waals surface area contributed by atoms with Crippen LogP contribution >= 0.6 is 0 Å². The molecule has 0 heterocycles. The third-order valence-corrected chi connectivity index (χ3v) is 2.05. The number of halogens is 1. The molecule has 0 radical (unpaired) electrons. The summed E-state index contributed by atoms with van der Waals surface area (Å²) in [6.07, 6.45) is 4.22. The van der Waals surface area contributed by atoms with E-state index in [4.69, 9.17) is 0 Å². The zero-order chi connectivity index (χ0) is 12.0. The molecule has 0 amide bonds. The van der Waals surface area contributed by atoms with E-state index >= 15 is 0 Å². The van der Waals surface area contributed by atoms with Crippen molar-refractivity contribution < 1.29 is 9.31 Å². The molecule has 0 saturated heterocycles. The molecule has 0 aliphatic heterocycles. The number of benzene rings is 1. The number of nitro benzene ring substituents is 1. The zero-order valence-corrected chi connectivity index (χ0v) is 8.94. The molecule has 0 aliphatic carbocycles. The second kappa shape index (κ2) is 5.97. The largest absolute Gasteiger partial charge is 0.319 e. The van der Waals surface area contributed by atoms with Crippen molar-refractivity contribution in [1.29, 1.82) is 0 Å². The zero-order valence-electron chi connectivity index (χ0n) is 8.94. The lowest BCUT2D eigenvalue weighted by molar-refractivity contribution is -0.385. The first-order valence-corrected chi connectivity index (χ1v) is 4.90. The van der Waals surface area contributed by atoms with Gasteiger partial charge in [0.25, 0.3) is 5.69 Å². The Hall–Kier alpha value is -1.75. The van der Waals surface area contributed by atoms with Crippen LogP contribution in [0.5, 0.6) is 0 Å². The number of hydrogen-bond donors (Lipinski definition) is 1. The summed E-state index contributed by atoms with van der Waals surface area (Å²) in [4.78, 5) is 10.1. The number of nitrogens with one attached hydrogen (secondary N) is 1. The highest BCUT2D eigenvalue weighted by Crippen LogP contribution is 2.21. The lowest BCUT2D eigenvalue weighted by Gasteiger charge is -1.97. The van der Waals surface area contributed by atoms with Crippen LogP contribution in [0.3, 0.4) is 0 Å². The fourth-order valence-electron chi connectivity index (χ4n) is 1.25. The Morgan fingerprint density at radius 1 is 1.56 bits per heavy atom. The fourth-order valence-corrected chi connectivity index (χ4v) is 1.25. The summed E-state index contributed by atoms with van der Waals surface area (Å²) in [5, 5.41) is 13.6. The summed E-state index contributed by atoms with van der Waals surface area (Å²) in [5.74, 6) is -0.598. The first-order valence-electron chi connectivity index (χ1n) is 4.90. The SMILES string of the molecule is CNCCC=Cc1ccc(F)cc1[N+](=O)[O-]. The Kier molecular flexibility index (Phi) is 4.60. The monoisotopic (exact) mass is 224 g/mol. The molecule has 1 N–H and O–H groups in total. The van der Waals surface area contributed by atoms with Gasteiger partial charge in [0.15, 0.2) is 0 Å². The van der Waals surface area contributed by atoms with E-state index in [0.717, 1.165) is 19.0 Å². The van der Waals surface area contributed by atoms with E-state index in [-0.39, 0.29) is 5.69 Å². The normalized spacial score (nSPS) is 10.9. The van der Waals surface area contributed by atoms with Crippen LogP contribution in [-0.2, 0) is 0 Å². The average molecular weight is 224 g/mol. The molecule has 0 bridgehead atoms. The molecule has 0 atom stereocenters. The molecule has 1 aromatic rings. The van der Waals surface area contributed by atoms with Crippen molar-refractivity contribution in [1.82, 2.24) is 5.32 Å². The van der Waals surface area contributed by atoms with Crippen LogP contribution in [0.1, 0.15) is 12.0 Å². The van der Waals surface area contributed by atoms with Gasteiger partial charge in [-0.3, -0.25) is 10.1 Å². The molecule has 0 fully saturated rings. The van der Waals surface area contributed by atoms with Gasteiger partial charge >= 0.3 is 0 Å². The molecule has 0 unspecified atom stereocenters. The number of nitrogens with zero attached hydrogens (tertiary/aromatic N) is 1. The second-order valence-electron chi connectivity index (χ2n) is 3.25. The van der Waals surface area contributed by atoms with Crippen LogP contribution in [0.15, 0.2) is 24.3 Å². The maximum Gasteiger partial charge on any atom is 0.279 e. The molecular weight excluding hydrogens is 211 g/mol. The highest BCUT2D eigenvalue weighted by atomic mass is 19.1. The van der Waals surface area contributed by atoms with Gasteiger partial charge in [-0.25, -0.2) is 4.39 Å². The first kappa shape index (κ1) is 12.3. The van der Waals surface area contributed by atoms with E-state index in [2.05, 4.69) is 5.32 Å². The number of hydrogen-bond acceptors (Lipinski definition) is 3. The summed E-state index contributed by atoms with van der Waals surface area (Å²) >= 11 is 0. The standard InChI is InChI=1S/C11H13FN2O2/c1-13-7-3-2-4-9-5-6-10(12)8-11(9)14(15)16/h2,4-6,8,13H,3,7H2,1H3. The highest BCUT2D eigenvalue weighted by Gasteiger charge is 2.11. The van der Waals surface area contributed by atoms with Gasteiger partial charge in [0.05, 0.1) is 16.6 Å². The molecular formula is C11H13FN2O2. The molecule has 1 rings (SSSR count). The maximum absolute atomic E-state index is 12.8. The Morgan fingerprint density at radius 2 is 2.31 bits per heavy atom. The van der Waals surface area contributed by atoms with Crippen molar-refractivity contribution in [3.63, 3.8) is 0 Å². The van der Waals surface area contributed by atoms with Crippen LogP contribution in [-0.4, -0.2) is 18.5 Å². The van der Waals surface area contributed by atoms with Gasteiger partial charge in [-0.2, -0.15) is 0 Å². The van der Waals surface area contributed by atoms with E-state index in [1.54, 1.807) is 6.08 Å². The van der Waals surface area contributed by atoms with Gasteiger partial charge in [-0.15, -0.1) is 0 Å². The Labute approximate surface area is 92.9 Å². The minimum absolute atomic E-state index is 0.208. The minimum atomic E-state index is -0.598. The highest BCUT2D eigenvalue weighted by molar-refractivity contribution is 5.60. The van der Waals surface area contributed by atoms with E-state index < -0.39 is 10.7 Å². The van der Waals surface area contributed by atoms with Gasteiger partial charge < -0.3 is 5.32 Å². The lowest BCUT2D eigenvalue weighted by atomic mass is 10.1. The van der Waals surface area contributed by atoms with Gasteiger partial charge in [0.1, 0.15) is 5.82 Å². The van der Waals surface area contributed by atoms with Crippen LogP contribution < -0.4 is 5.32 Å². The number of rotatable bonds is 5. The van der Waals surface area contributed by atoms with Gasteiger partial charge in [0, 0.05) is 0 Å². The molecule has 0 aromatic heterocycles. The van der Waals surface area contributed by atoms with Crippen molar-refractivity contribution in [2.75, 3.05) is 13.6 Å². The molecule has 0 saturated carbocycles. The average Bonchev–Trinajstić information content (AvgIpc) is 2.26. The summed E-state index contributed by atoms with van der Waals surface area (Å²) < 4.78 is 12.8. The molecule has 0 aliphatic rings. The number of nitro groups is 1. The lowest BCUT2D eigenvalue weighted by Crippen LogP contribution is -2.05. The maximum atomic E-state index is 12.8. The molecule has 0 spiro atoms. The van der Waals surface area contributed by atoms with Crippen LogP contribution in [0.2, 0.25) is 0 Å².